The molecule has 0 N–H and O–H groups in total. The summed E-state index contributed by atoms with van der Waals surface area (Å²) in [5.74, 6) is 0.897. The van der Waals surface area contributed by atoms with E-state index in [1.54, 1.807) is 20.3 Å². The normalized spacial score (nSPS) is 10.7. The van der Waals surface area contributed by atoms with E-state index in [0.717, 1.165) is 16.7 Å². The van der Waals surface area contributed by atoms with Crippen molar-refractivity contribution in [3.63, 3.8) is 0 Å². The van der Waals surface area contributed by atoms with Gasteiger partial charge < -0.3 is 23.7 Å². The van der Waals surface area contributed by atoms with Crippen LogP contribution in [0.1, 0.15) is 22.8 Å². The van der Waals surface area contributed by atoms with E-state index in [4.69, 9.17) is 23.7 Å². The zero-order chi connectivity index (χ0) is 19.6. The predicted octanol–water partition coefficient (Wildman–Crippen LogP) is 3.71. The molecule has 0 aliphatic rings. The maximum absolute atomic E-state index is 12.5. The average Bonchev–Trinajstić information content (AvgIpc) is 2.68. The predicted molar refractivity (Wildman–Crippen MR) is 102 cm³/mol. The Morgan fingerprint density at radius 2 is 1.52 bits per heavy atom. The SMILES string of the molecule is COCCc1c(C(C)=O)c(OCOC)cc(OCOC)c1-c1ccccc1. The van der Waals surface area contributed by atoms with E-state index in [0.29, 0.717) is 30.1 Å². The summed E-state index contributed by atoms with van der Waals surface area (Å²) in [5.41, 5.74) is 3.10. The minimum Gasteiger partial charge on any atom is -0.467 e. The quantitative estimate of drug-likeness (QED) is 0.441. The fourth-order valence-electron chi connectivity index (χ4n) is 2.92. The minimum atomic E-state index is -0.0947. The van der Waals surface area contributed by atoms with Gasteiger partial charge in [0.05, 0.1) is 12.2 Å². The summed E-state index contributed by atoms with van der Waals surface area (Å²) in [5, 5.41) is 0. The average molecular weight is 374 g/mol. The van der Waals surface area contributed by atoms with Crippen molar-refractivity contribution in [2.75, 3.05) is 41.5 Å². The zero-order valence-electron chi connectivity index (χ0n) is 16.2. The Hall–Kier alpha value is -2.41. The number of carbonyl (C=O) groups excluding carboxylic acids is 1. The lowest BCUT2D eigenvalue weighted by Gasteiger charge is -2.21. The van der Waals surface area contributed by atoms with Gasteiger partial charge in [0.2, 0.25) is 0 Å². The second-order valence-corrected chi connectivity index (χ2v) is 5.87. The molecule has 2 rings (SSSR count). The fourth-order valence-corrected chi connectivity index (χ4v) is 2.92. The Labute approximate surface area is 160 Å². The van der Waals surface area contributed by atoms with E-state index in [9.17, 15) is 4.79 Å². The van der Waals surface area contributed by atoms with E-state index < -0.39 is 0 Å². The van der Waals surface area contributed by atoms with Gasteiger partial charge in [-0.15, -0.1) is 0 Å². The van der Waals surface area contributed by atoms with Crippen LogP contribution in [0.3, 0.4) is 0 Å². The summed E-state index contributed by atoms with van der Waals surface area (Å²) in [4.78, 5) is 12.5. The molecular weight excluding hydrogens is 348 g/mol. The lowest BCUT2D eigenvalue weighted by atomic mass is 9.90. The summed E-state index contributed by atoms with van der Waals surface area (Å²) >= 11 is 0. The van der Waals surface area contributed by atoms with Crippen molar-refractivity contribution in [1.29, 1.82) is 0 Å². The number of ether oxygens (including phenoxy) is 5. The minimum absolute atomic E-state index is 0.0262. The number of carbonyl (C=O) groups is 1. The Morgan fingerprint density at radius 1 is 0.889 bits per heavy atom. The molecule has 0 spiro atoms. The number of benzene rings is 2. The molecule has 0 amide bonds. The van der Waals surface area contributed by atoms with Crippen molar-refractivity contribution < 1.29 is 28.5 Å². The summed E-state index contributed by atoms with van der Waals surface area (Å²) < 4.78 is 26.9. The number of Topliss-reactive ketones (excluding diaryl/α,β-unsaturated/α-hetero) is 1. The molecule has 2 aromatic carbocycles. The third-order valence-corrected chi connectivity index (χ3v) is 3.99. The number of rotatable bonds is 11. The molecular formula is C21H26O6. The molecule has 0 radical (unpaired) electrons. The van der Waals surface area contributed by atoms with Crippen LogP contribution in [0.4, 0.5) is 0 Å². The molecule has 0 bridgehead atoms. The van der Waals surface area contributed by atoms with Crippen LogP contribution >= 0.6 is 0 Å². The van der Waals surface area contributed by atoms with Crippen LogP contribution in [-0.4, -0.2) is 47.3 Å². The number of hydrogen-bond donors (Lipinski definition) is 0. The fraction of sp³-hybridized carbons (Fsp3) is 0.381. The number of ketones is 1. The van der Waals surface area contributed by atoms with Crippen LogP contribution < -0.4 is 9.47 Å². The molecule has 0 aromatic heterocycles. The van der Waals surface area contributed by atoms with Crippen molar-refractivity contribution in [2.24, 2.45) is 0 Å². The van der Waals surface area contributed by atoms with Crippen molar-refractivity contribution in [3.8, 4) is 22.6 Å². The first-order chi connectivity index (χ1) is 13.1. The lowest BCUT2D eigenvalue weighted by molar-refractivity contribution is 0.0457. The molecule has 0 saturated carbocycles. The Kier molecular flexibility index (Phi) is 8.26. The second-order valence-electron chi connectivity index (χ2n) is 5.87. The highest BCUT2D eigenvalue weighted by Gasteiger charge is 2.23. The Bertz CT molecular complexity index is 742. The third-order valence-electron chi connectivity index (χ3n) is 3.99. The second kappa shape index (κ2) is 10.7. The molecule has 0 unspecified atom stereocenters. The smallest absolute Gasteiger partial charge is 0.188 e. The monoisotopic (exact) mass is 374 g/mol. The number of methoxy groups -OCH3 is 3. The zero-order valence-corrected chi connectivity index (χ0v) is 16.2. The van der Waals surface area contributed by atoms with Crippen LogP contribution in [0.5, 0.6) is 11.5 Å². The van der Waals surface area contributed by atoms with Crippen LogP contribution in [0, 0.1) is 0 Å². The van der Waals surface area contributed by atoms with Gasteiger partial charge in [-0.1, -0.05) is 30.3 Å². The van der Waals surface area contributed by atoms with Crippen molar-refractivity contribution in [3.05, 3.63) is 47.5 Å². The van der Waals surface area contributed by atoms with Crippen LogP contribution in [0.15, 0.2) is 36.4 Å². The highest BCUT2D eigenvalue weighted by atomic mass is 16.7. The molecule has 6 heteroatoms. The van der Waals surface area contributed by atoms with E-state index in [1.165, 1.54) is 14.0 Å². The van der Waals surface area contributed by atoms with Crippen LogP contribution in [0.2, 0.25) is 0 Å². The van der Waals surface area contributed by atoms with Gasteiger partial charge in [0, 0.05) is 33.0 Å². The van der Waals surface area contributed by atoms with Crippen molar-refractivity contribution in [1.82, 2.24) is 0 Å². The highest BCUT2D eigenvalue weighted by Crippen LogP contribution is 2.41. The number of hydrogen-bond acceptors (Lipinski definition) is 6. The summed E-state index contributed by atoms with van der Waals surface area (Å²) in [7, 11) is 4.71. The van der Waals surface area contributed by atoms with E-state index >= 15 is 0 Å². The summed E-state index contributed by atoms with van der Waals surface area (Å²) in [6, 6.07) is 11.5. The van der Waals surface area contributed by atoms with Crippen molar-refractivity contribution in [2.45, 2.75) is 13.3 Å². The van der Waals surface area contributed by atoms with Gasteiger partial charge in [0.1, 0.15) is 11.5 Å². The van der Waals surface area contributed by atoms with Gasteiger partial charge in [-0.3, -0.25) is 4.79 Å². The maximum Gasteiger partial charge on any atom is 0.188 e. The van der Waals surface area contributed by atoms with Crippen LogP contribution in [-0.2, 0) is 20.6 Å². The molecule has 0 aliphatic carbocycles. The molecule has 0 saturated heterocycles. The first-order valence-corrected chi connectivity index (χ1v) is 8.62. The van der Waals surface area contributed by atoms with Crippen molar-refractivity contribution >= 4 is 5.78 Å². The molecule has 146 valence electrons. The third kappa shape index (κ3) is 5.29. The standard InChI is InChI=1S/C21H26O6/c1-15(22)20-17(10-11-23-2)21(16-8-6-5-7-9-16)19(27-14-25-4)12-18(20)26-13-24-3/h5-9,12H,10-11,13-14H2,1-4H3. The molecule has 6 nitrogen and oxygen atoms in total. The van der Waals surface area contributed by atoms with Gasteiger partial charge in [-0.2, -0.15) is 0 Å². The first-order valence-electron chi connectivity index (χ1n) is 8.62. The summed E-state index contributed by atoms with van der Waals surface area (Å²) in [6.07, 6.45) is 0.531. The van der Waals surface area contributed by atoms with Gasteiger partial charge in [-0.05, 0) is 24.5 Å². The molecule has 0 heterocycles. The van der Waals surface area contributed by atoms with Crippen LogP contribution in [0.25, 0.3) is 11.1 Å². The lowest BCUT2D eigenvalue weighted by Crippen LogP contribution is -2.12. The molecule has 27 heavy (non-hydrogen) atoms. The topological polar surface area (TPSA) is 63.2 Å². The van der Waals surface area contributed by atoms with E-state index in [-0.39, 0.29) is 19.4 Å². The Balaban J connectivity index is 2.74. The maximum atomic E-state index is 12.5. The molecule has 0 atom stereocenters. The van der Waals surface area contributed by atoms with Gasteiger partial charge in [0.25, 0.3) is 0 Å². The molecule has 2 aromatic rings. The largest absolute Gasteiger partial charge is 0.467 e. The highest BCUT2D eigenvalue weighted by molar-refractivity contribution is 6.01. The van der Waals surface area contributed by atoms with Gasteiger partial charge >= 0.3 is 0 Å². The Morgan fingerprint density at radius 3 is 2.07 bits per heavy atom. The summed E-state index contributed by atoms with van der Waals surface area (Å²) in [6.45, 7) is 2.08. The van der Waals surface area contributed by atoms with E-state index in [1.807, 2.05) is 30.3 Å². The first kappa shape index (κ1) is 20.9. The van der Waals surface area contributed by atoms with Gasteiger partial charge in [0.15, 0.2) is 19.4 Å². The molecule has 0 fully saturated rings. The van der Waals surface area contributed by atoms with E-state index in [2.05, 4.69) is 0 Å². The molecule has 0 aliphatic heterocycles. The van der Waals surface area contributed by atoms with Gasteiger partial charge in [-0.25, -0.2) is 0 Å².